The van der Waals surface area contributed by atoms with Gasteiger partial charge >= 0.3 is 0 Å². The van der Waals surface area contributed by atoms with Gasteiger partial charge in [-0.3, -0.25) is 0 Å². The van der Waals surface area contributed by atoms with Crippen LogP contribution in [-0.4, -0.2) is 0 Å². The Kier molecular flexibility index (Phi) is 3.75. The second-order valence-electron chi connectivity index (χ2n) is 12.2. The monoisotopic (exact) mass is 354 g/mol. The van der Waals surface area contributed by atoms with Crippen LogP contribution < -0.4 is 0 Å². The summed E-state index contributed by atoms with van der Waals surface area (Å²) in [5.74, 6) is 5.58. The lowest BCUT2D eigenvalue weighted by Gasteiger charge is -2.77. The van der Waals surface area contributed by atoms with E-state index in [4.69, 9.17) is 0 Å². The molecule has 3 atom stereocenters. The lowest BCUT2D eigenvalue weighted by molar-refractivity contribution is -0.283. The zero-order chi connectivity index (χ0) is 17.4. The van der Waals surface area contributed by atoms with Crippen molar-refractivity contribution in [3.63, 3.8) is 0 Å². The zero-order valence-electron chi connectivity index (χ0n) is 17.4. The Morgan fingerprint density at radius 1 is 0.500 bits per heavy atom. The van der Waals surface area contributed by atoms with E-state index in [2.05, 4.69) is 6.92 Å². The Hall–Kier alpha value is 0. The van der Waals surface area contributed by atoms with Gasteiger partial charge in [0, 0.05) is 0 Å². The number of rotatable bonds is 3. The standard InChI is InChI=1S/C26H42/c1-24(21-8-4-2-5-9-21)25(22-10-6-3-7-11-22)15-19-14-20(16-25)18-26(24,17-19)23-12-13-23/h19-23H,2-18H2,1H3. The lowest BCUT2D eigenvalue weighted by atomic mass is 9.27. The third kappa shape index (κ3) is 2.03. The molecule has 0 heterocycles. The highest BCUT2D eigenvalue weighted by molar-refractivity contribution is 5.23. The van der Waals surface area contributed by atoms with Crippen LogP contribution in [0.3, 0.4) is 0 Å². The summed E-state index contributed by atoms with van der Waals surface area (Å²) in [4.78, 5) is 0. The molecule has 0 radical (unpaired) electrons. The van der Waals surface area contributed by atoms with Gasteiger partial charge in [0.05, 0.1) is 0 Å². The zero-order valence-corrected chi connectivity index (χ0v) is 17.4. The average Bonchev–Trinajstić information content (AvgIpc) is 3.52. The van der Waals surface area contributed by atoms with Gasteiger partial charge in [-0.2, -0.15) is 0 Å². The fraction of sp³-hybridized carbons (Fsp3) is 1.00. The van der Waals surface area contributed by atoms with Crippen molar-refractivity contribution in [1.82, 2.24) is 0 Å². The molecule has 0 aliphatic heterocycles. The SMILES string of the molecule is CC1(C2CCCCC2)C2(C3CCCCC3)CC3CC(C2)CC1(C1CC1)C3. The van der Waals surface area contributed by atoms with Crippen LogP contribution in [0.5, 0.6) is 0 Å². The van der Waals surface area contributed by atoms with Gasteiger partial charge < -0.3 is 0 Å². The Morgan fingerprint density at radius 2 is 0.923 bits per heavy atom. The fourth-order valence-electron chi connectivity index (χ4n) is 10.8. The molecule has 0 heteroatoms. The van der Waals surface area contributed by atoms with Crippen LogP contribution in [0.15, 0.2) is 0 Å². The minimum Gasteiger partial charge on any atom is -0.0583 e. The first-order chi connectivity index (χ1) is 12.7. The first kappa shape index (κ1) is 16.9. The fourth-order valence-corrected chi connectivity index (χ4v) is 10.8. The normalized spacial score (nSPS) is 52.5. The Labute approximate surface area is 162 Å². The van der Waals surface area contributed by atoms with Crippen molar-refractivity contribution in [3.8, 4) is 0 Å². The van der Waals surface area contributed by atoms with Crippen molar-refractivity contribution in [1.29, 1.82) is 0 Å². The van der Waals surface area contributed by atoms with Crippen molar-refractivity contribution in [2.75, 3.05) is 0 Å². The molecule has 7 saturated carbocycles. The molecular weight excluding hydrogens is 312 g/mol. The highest BCUT2D eigenvalue weighted by atomic mass is 14.8. The van der Waals surface area contributed by atoms with Gasteiger partial charge in [-0.1, -0.05) is 45.4 Å². The van der Waals surface area contributed by atoms with E-state index in [9.17, 15) is 0 Å². The highest BCUT2D eigenvalue weighted by Gasteiger charge is 2.75. The number of hydrogen-bond acceptors (Lipinski definition) is 0. The lowest BCUT2D eigenvalue weighted by Crippen LogP contribution is -2.70. The van der Waals surface area contributed by atoms with Crippen LogP contribution >= 0.6 is 0 Å². The first-order valence-corrected chi connectivity index (χ1v) is 12.7. The van der Waals surface area contributed by atoms with Gasteiger partial charge in [0.15, 0.2) is 0 Å². The van der Waals surface area contributed by atoms with Gasteiger partial charge in [-0.05, 0) is 116 Å². The maximum Gasteiger partial charge on any atom is -0.0179 e. The van der Waals surface area contributed by atoms with E-state index in [0.29, 0.717) is 5.41 Å². The second-order valence-corrected chi connectivity index (χ2v) is 12.2. The summed E-state index contributed by atoms with van der Waals surface area (Å²) in [6, 6.07) is 0. The van der Waals surface area contributed by atoms with E-state index < -0.39 is 0 Å². The van der Waals surface area contributed by atoms with Gasteiger partial charge in [-0.25, -0.2) is 0 Å². The molecule has 4 bridgehead atoms. The van der Waals surface area contributed by atoms with Gasteiger partial charge in [0.1, 0.15) is 0 Å². The molecule has 7 aliphatic carbocycles. The Morgan fingerprint density at radius 3 is 1.38 bits per heavy atom. The Balaban J connectivity index is 1.49. The van der Waals surface area contributed by atoms with E-state index in [1.54, 1.807) is 96.3 Å². The molecular formula is C26H42. The average molecular weight is 355 g/mol. The molecule has 0 spiro atoms. The molecule has 0 aromatic rings. The minimum absolute atomic E-state index is 0.705. The van der Waals surface area contributed by atoms with Crippen LogP contribution in [-0.2, 0) is 0 Å². The molecule has 0 nitrogen and oxygen atoms in total. The maximum atomic E-state index is 2.94. The summed E-state index contributed by atoms with van der Waals surface area (Å²) in [6.45, 7) is 2.94. The van der Waals surface area contributed by atoms with Gasteiger partial charge in [0.25, 0.3) is 0 Å². The van der Waals surface area contributed by atoms with Crippen molar-refractivity contribution in [2.45, 2.75) is 116 Å². The van der Waals surface area contributed by atoms with Crippen molar-refractivity contribution in [2.24, 2.45) is 45.8 Å². The Bertz CT molecular complexity index is 530. The maximum absolute atomic E-state index is 2.94. The van der Waals surface area contributed by atoms with E-state index >= 15 is 0 Å². The molecule has 0 aromatic heterocycles. The molecule has 7 aliphatic rings. The molecule has 0 N–H and O–H groups in total. The van der Waals surface area contributed by atoms with E-state index in [1.165, 1.54) is 12.8 Å². The van der Waals surface area contributed by atoms with Crippen molar-refractivity contribution >= 4 is 0 Å². The quantitative estimate of drug-likeness (QED) is 0.486. The van der Waals surface area contributed by atoms with Crippen LogP contribution in [0.2, 0.25) is 0 Å². The summed E-state index contributed by atoms with van der Waals surface area (Å²) in [6.07, 6.45) is 27.1. The van der Waals surface area contributed by atoms with Crippen LogP contribution in [0.25, 0.3) is 0 Å². The van der Waals surface area contributed by atoms with Crippen LogP contribution in [0.4, 0.5) is 0 Å². The minimum atomic E-state index is 0.705. The highest BCUT2D eigenvalue weighted by Crippen LogP contribution is 2.83. The van der Waals surface area contributed by atoms with Gasteiger partial charge in [-0.15, -0.1) is 0 Å². The third-order valence-corrected chi connectivity index (χ3v) is 11.5. The van der Waals surface area contributed by atoms with Crippen molar-refractivity contribution in [3.05, 3.63) is 0 Å². The smallest absolute Gasteiger partial charge is 0.0179 e. The summed E-state index contributed by atoms with van der Waals surface area (Å²) in [5.41, 5.74) is 2.26. The molecule has 0 amide bonds. The van der Waals surface area contributed by atoms with Crippen molar-refractivity contribution < 1.29 is 0 Å². The summed E-state index contributed by atoms with van der Waals surface area (Å²) >= 11 is 0. The third-order valence-electron chi connectivity index (χ3n) is 11.5. The molecule has 0 saturated heterocycles. The molecule has 0 aromatic carbocycles. The van der Waals surface area contributed by atoms with Crippen LogP contribution in [0, 0.1) is 45.8 Å². The van der Waals surface area contributed by atoms with Crippen LogP contribution in [0.1, 0.15) is 116 Å². The first-order valence-electron chi connectivity index (χ1n) is 12.7. The number of hydrogen-bond donors (Lipinski definition) is 0. The topological polar surface area (TPSA) is 0 Å². The molecule has 26 heavy (non-hydrogen) atoms. The van der Waals surface area contributed by atoms with E-state index in [1.807, 2.05) is 0 Å². The molecule has 7 fully saturated rings. The summed E-state index contributed by atoms with van der Waals surface area (Å²) in [5, 5.41) is 0. The second kappa shape index (κ2) is 5.76. The van der Waals surface area contributed by atoms with E-state index in [-0.39, 0.29) is 0 Å². The summed E-state index contributed by atoms with van der Waals surface area (Å²) < 4.78 is 0. The molecule has 7 rings (SSSR count). The summed E-state index contributed by atoms with van der Waals surface area (Å²) in [7, 11) is 0. The van der Waals surface area contributed by atoms with Gasteiger partial charge in [0.2, 0.25) is 0 Å². The molecule has 3 unspecified atom stereocenters. The largest absolute Gasteiger partial charge is 0.0583 e. The van der Waals surface area contributed by atoms with E-state index in [0.717, 1.165) is 40.4 Å². The molecule has 146 valence electrons. The predicted octanol–water partition coefficient (Wildman–Crippen LogP) is 7.76. The predicted molar refractivity (Wildman–Crippen MR) is 109 cm³/mol.